The van der Waals surface area contributed by atoms with E-state index in [9.17, 15) is 13.6 Å². The molecule has 1 aliphatic heterocycles. The average molecular weight is 312 g/mol. The van der Waals surface area contributed by atoms with Crippen molar-refractivity contribution in [3.8, 4) is 0 Å². The van der Waals surface area contributed by atoms with Gasteiger partial charge in [-0.25, -0.2) is 13.6 Å². The number of carbonyl (C=O) groups is 1. The van der Waals surface area contributed by atoms with Gasteiger partial charge in [0.05, 0.1) is 6.04 Å². The first kappa shape index (κ1) is 16.5. The van der Waals surface area contributed by atoms with Crippen LogP contribution in [-0.4, -0.2) is 35.7 Å². The summed E-state index contributed by atoms with van der Waals surface area (Å²) in [5.41, 5.74) is -0.714. The summed E-state index contributed by atoms with van der Waals surface area (Å²) in [6.07, 6.45) is 1.25. The molecule has 1 aliphatic rings. The number of halogens is 2. The molecule has 2 rings (SSSR count). The number of amides is 1. The molecule has 1 atom stereocenters. The van der Waals surface area contributed by atoms with E-state index in [0.29, 0.717) is 6.54 Å². The van der Waals surface area contributed by atoms with Crippen molar-refractivity contribution in [2.45, 2.75) is 45.3 Å². The fourth-order valence-corrected chi connectivity index (χ4v) is 2.50. The second kappa shape index (κ2) is 6.50. The van der Waals surface area contributed by atoms with E-state index in [1.807, 2.05) is 20.8 Å². The molecule has 1 N–H and O–H groups in total. The van der Waals surface area contributed by atoms with E-state index in [1.165, 1.54) is 18.2 Å². The quantitative estimate of drug-likeness (QED) is 0.923. The molecule has 1 unspecified atom stereocenters. The molecule has 0 saturated carbocycles. The van der Waals surface area contributed by atoms with Gasteiger partial charge in [-0.05, 0) is 45.7 Å². The highest BCUT2D eigenvalue weighted by Gasteiger charge is 2.32. The van der Waals surface area contributed by atoms with Crippen LogP contribution >= 0.6 is 0 Å². The Labute approximate surface area is 129 Å². The fraction of sp³-hybridized carbons (Fsp3) is 0.562. The maximum atomic E-state index is 13.6. The second-order valence-electron chi connectivity index (χ2n) is 6.45. The van der Waals surface area contributed by atoms with Gasteiger partial charge in [-0.3, -0.25) is 0 Å². The van der Waals surface area contributed by atoms with Crippen molar-refractivity contribution in [3.63, 3.8) is 0 Å². The van der Waals surface area contributed by atoms with Crippen LogP contribution in [-0.2, 0) is 4.74 Å². The number of ether oxygens (including phenoxy) is 1. The smallest absolute Gasteiger partial charge is 0.410 e. The SMILES string of the molecule is CC(C)(C)OC(=O)N1CCCC1CNc1c(F)cccc1F. The minimum absolute atomic E-state index is 0.131. The predicted molar refractivity (Wildman–Crippen MR) is 80.8 cm³/mol. The largest absolute Gasteiger partial charge is 0.444 e. The third kappa shape index (κ3) is 4.08. The van der Waals surface area contributed by atoms with Crippen LogP contribution in [0.2, 0.25) is 0 Å². The van der Waals surface area contributed by atoms with E-state index in [0.717, 1.165) is 12.8 Å². The number of hydrogen-bond donors (Lipinski definition) is 1. The Balaban J connectivity index is 1.98. The number of rotatable bonds is 3. The maximum Gasteiger partial charge on any atom is 0.410 e. The van der Waals surface area contributed by atoms with E-state index < -0.39 is 17.2 Å². The van der Waals surface area contributed by atoms with Gasteiger partial charge in [-0.2, -0.15) is 0 Å². The lowest BCUT2D eigenvalue weighted by atomic mass is 10.2. The molecule has 0 bridgehead atoms. The number of para-hydroxylation sites is 1. The molecule has 1 heterocycles. The molecule has 0 aliphatic carbocycles. The fourth-order valence-electron chi connectivity index (χ4n) is 2.50. The number of hydrogen-bond acceptors (Lipinski definition) is 3. The lowest BCUT2D eigenvalue weighted by molar-refractivity contribution is 0.0235. The van der Waals surface area contributed by atoms with Crippen molar-refractivity contribution in [2.75, 3.05) is 18.4 Å². The van der Waals surface area contributed by atoms with Crippen LogP contribution in [0.25, 0.3) is 0 Å². The van der Waals surface area contributed by atoms with Crippen molar-refractivity contribution in [1.29, 1.82) is 0 Å². The standard InChI is InChI=1S/C16H22F2N2O2/c1-16(2,3)22-15(21)20-9-5-6-11(20)10-19-14-12(17)7-4-8-13(14)18/h4,7-8,11,19H,5-6,9-10H2,1-3H3. The first-order valence-electron chi connectivity index (χ1n) is 7.45. The first-order chi connectivity index (χ1) is 10.3. The van der Waals surface area contributed by atoms with Crippen LogP contribution in [0.4, 0.5) is 19.3 Å². The topological polar surface area (TPSA) is 41.6 Å². The second-order valence-corrected chi connectivity index (χ2v) is 6.45. The van der Waals surface area contributed by atoms with Crippen molar-refractivity contribution >= 4 is 11.8 Å². The number of nitrogens with zero attached hydrogens (tertiary/aromatic N) is 1. The summed E-state index contributed by atoms with van der Waals surface area (Å²) >= 11 is 0. The third-order valence-electron chi connectivity index (χ3n) is 3.48. The minimum atomic E-state index is -0.637. The number of nitrogens with one attached hydrogen (secondary N) is 1. The number of likely N-dealkylation sites (tertiary alicyclic amines) is 1. The zero-order valence-electron chi connectivity index (χ0n) is 13.2. The molecule has 1 saturated heterocycles. The van der Waals surface area contributed by atoms with Gasteiger partial charge in [-0.1, -0.05) is 6.07 Å². The predicted octanol–water partition coefficient (Wildman–Crippen LogP) is 3.78. The highest BCUT2D eigenvalue weighted by atomic mass is 19.1. The van der Waals surface area contributed by atoms with E-state index in [2.05, 4.69) is 5.32 Å². The van der Waals surface area contributed by atoms with E-state index in [-0.39, 0.29) is 24.4 Å². The molecule has 0 radical (unpaired) electrons. The van der Waals surface area contributed by atoms with Crippen molar-refractivity contribution in [1.82, 2.24) is 4.90 Å². The van der Waals surface area contributed by atoms with Gasteiger partial charge in [0.25, 0.3) is 0 Å². The van der Waals surface area contributed by atoms with E-state index in [4.69, 9.17) is 4.74 Å². The van der Waals surface area contributed by atoms with E-state index in [1.54, 1.807) is 4.90 Å². The molecule has 0 aromatic heterocycles. The summed E-state index contributed by atoms with van der Waals surface area (Å²) in [7, 11) is 0. The minimum Gasteiger partial charge on any atom is -0.444 e. The molecule has 0 spiro atoms. The molecular weight excluding hydrogens is 290 g/mol. The summed E-state index contributed by atoms with van der Waals surface area (Å²) in [6, 6.07) is 3.59. The Morgan fingerprint density at radius 1 is 1.36 bits per heavy atom. The van der Waals surface area contributed by atoms with Gasteiger partial charge in [0, 0.05) is 13.1 Å². The lowest BCUT2D eigenvalue weighted by Gasteiger charge is -2.29. The molecule has 1 aromatic rings. The van der Waals surface area contributed by atoms with Crippen LogP contribution in [0.3, 0.4) is 0 Å². The van der Waals surface area contributed by atoms with Crippen LogP contribution in [0.5, 0.6) is 0 Å². The Bertz CT molecular complexity index is 523. The molecular formula is C16H22F2N2O2. The molecule has 1 aromatic carbocycles. The maximum absolute atomic E-state index is 13.6. The van der Waals surface area contributed by atoms with Gasteiger partial charge < -0.3 is 15.0 Å². The Kier molecular flexibility index (Phi) is 4.88. The summed E-state index contributed by atoms with van der Waals surface area (Å²) in [6.45, 7) is 6.31. The highest BCUT2D eigenvalue weighted by Crippen LogP contribution is 2.23. The Morgan fingerprint density at radius 3 is 2.59 bits per heavy atom. The molecule has 1 fully saturated rings. The molecule has 22 heavy (non-hydrogen) atoms. The van der Waals surface area contributed by atoms with Crippen molar-refractivity contribution < 1.29 is 18.3 Å². The van der Waals surface area contributed by atoms with Crippen LogP contribution < -0.4 is 5.32 Å². The summed E-state index contributed by atoms with van der Waals surface area (Å²) in [4.78, 5) is 13.8. The van der Waals surface area contributed by atoms with Gasteiger partial charge in [0.15, 0.2) is 0 Å². The highest BCUT2D eigenvalue weighted by molar-refractivity contribution is 5.69. The van der Waals surface area contributed by atoms with Gasteiger partial charge in [0.2, 0.25) is 0 Å². The van der Waals surface area contributed by atoms with Crippen LogP contribution in [0.1, 0.15) is 33.6 Å². The molecule has 4 nitrogen and oxygen atoms in total. The first-order valence-corrected chi connectivity index (χ1v) is 7.45. The number of anilines is 1. The van der Waals surface area contributed by atoms with Crippen LogP contribution in [0.15, 0.2) is 18.2 Å². The van der Waals surface area contributed by atoms with Gasteiger partial charge in [0.1, 0.15) is 22.9 Å². The van der Waals surface area contributed by atoms with Crippen molar-refractivity contribution in [3.05, 3.63) is 29.8 Å². The summed E-state index contributed by atoms with van der Waals surface area (Å²) in [5, 5.41) is 2.77. The number of carbonyl (C=O) groups excluding carboxylic acids is 1. The average Bonchev–Trinajstić information content (AvgIpc) is 2.84. The molecule has 1 amide bonds. The third-order valence-corrected chi connectivity index (χ3v) is 3.48. The number of benzene rings is 1. The summed E-state index contributed by atoms with van der Waals surface area (Å²) < 4.78 is 32.6. The lowest BCUT2D eigenvalue weighted by Crippen LogP contribution is -2.42. The zero-order chi connectivity index (χ0) is 16.3. The normalized spacial score (nSPS) is 18.4. The Morgan fingerprint density at radius 2 is 2.00 bits per heavy atom. The van der Waals surface area contributed by atoms with E-state index >= 15 is 0 Å². The molecule has 122 valence electrons. The monoisotopic (exact) mass is 312 g/mol. The summed E-state index contributed by atoms with van der Waals surface area (Å²) in [5.74, 6) is -1.27. The Hall–Kier alpha value is -1.85. The zero-order valence-corrected chi connectivity index (χ0v) is 13.2. The van der Waals surface area contributed by atoms with Gasteiger partial charge in [-0.15, -0.1) is 0 Å². The van der Waals surface area contributed by atoms with Gasteiger partial charge >= 0.3 is 6.09 Å². The van der Waals surface area contributed by atoms with Crippen LogP contribution in [0, 0.1) is 11.6 Å². The van der Waals surface area contributed by atoms with Crippen molar-refractivity contribution in [2.24, 2.45) is 0 Å². The molecule has 6 heteroatoms.